The molecule has 27 heavy (non-hydrogen) atoms. The lowest BCUT2D eigenvalue weighted by Crippen LogP contribution is -2.50. The molecule has 1 aliphatic heterocycles. The van der Waals surface area contributed by atoms with E-state index in [-0.39, 0.29) is 6.54 Å². The second kappa shape index (κ2) is 7.50. The molecule has 142 valence electrons. The summed E-state index contributed by atoms with van der Waals surface area (Å²) in [6.07, 6.45) is 0. The normalized spacial score (nSPS) is 19.5. The molecular weight excluding hydrogens is 364 g/mol. The van der Waals surface area contributed by atoms with Crippen molar-refractivity contribution in [1.29, 1.82) is 0 Å². The Hall–Kier alpha value is -2.71. The van der Waals surface area contributed by atoms with Crippen molar-refractivity contribution < 1.29 is 14.4 Å². The highest BCUT2D eigenvalue weighted by Crippen LogP contribution is 2.27. The number of carbonyl (C=O) groups is 3. The molecule has 1 fully saturated rings. The van der Waals surface area contributed by atoms with E-state index in [1.54, 1.807) is 42.5 Å². The number of hydrogen-bond donors (Lipinski definition) is 2. The van der Waals surface area contributed by atoms with Crippen molar-refractivity contribution in [3.05, 3.63) is 57.8 Å². The van der Waals surface area contributed by atoms with Crippen LogP contribution in [-0.4, -0.2) is 41.3 Å². The predicted molar refractivity (Wildman–Crippen MR) is 103 cm³/mol. The van der Waals surface area contributed by atoms with Crippen molar-refractivity contribution in [3.63, 3.8) is 0 Å². The second-order valence-electron chi connectivity index (χ2n) is 6.80. The number of aryl methyl sites for hydroxylation is 1. The van der Waals surface area contributed by atoms with Crippen LogP contribution in [0.25, 0.3) is 0 Å². The number of amides is 4. The van der Waals surface area contributed by atoms with E-state index in [2.05, 4.69) is 10.7 Å². The van der Waals surface area contributed by atoms with Crippen LogP contribution in [0.4, 0.5) is 4.79 Å². The highest BCUT2D eigenvalue weighted by molar-refractivity contribution is 7.10. The van der Waals surface area contributed by atoms with Gasteiger partial charge in [0.05, 0.1) is 6.54 Å². The molecule has 4 amide bonds. The Morgan fingerprint density at radius 3 is 2.59 bits per heavy atom. The molecule has 0 unspecified atom stereocenters. The SMILES string of the molecule is Cc1ccsc1CN(C)CC(=O)NN1C(=O)N[C@@](C)(c2ccccc2)C1=O. The summed E-state index contributed by atoms with van der Waals surface area (Å²) in [5.41, 5.74) is 3.06. The first-order valence-corrected chi connectivity index (χ1v) is 9.42. The number of nitrogens with one attached hydrogen (secondary N) is 2. The minimum atomic E-state index is -1.20. The van der Waals surface area contributed by atoms with E-state index in [4.69, 9.17) is 0 Å². The summed E-state index contributed by atoms with van der Waals surface area (Å²) in [5.74, 6) is -0.934. The zero-order chi connectivity index (χ0) is 19.6. The van der Waals surface area contributed by atoms with Crippen molar-refractivity contribution in [2.75, 3.05) is 13.6 Å². The third-order valence-corrected chi connectivity index (χ3v) is 5.58. The van der Waals surface area contributed by atoms with Crippen LogP contribution in [0.5, 0.6) is 0 Å². The summed E-state index contributed by atoms with van der Waals surface area (Å²) in [5, 5.41) is 5.43. The number of hydrogen-bond acceptors (Lipinski definition) is 5. The van der Waals surface area contributed by atoms with Crippen LogP contribution in [0.2, 0.25) is 0 Å². The van der Waals surface area contributed by atoms with Crippen molar-refractivity contribution in [3.8, 4) is 0 Å². The van der Waals surface area contributed by atoms with E-state index in [1.807, 2.05) is 36.4 Å². The van der Waals surface area contributed by atoms with Crippen LogP contribution >= 0.6 is 11.3 Å². The van der Waals surface area contributed by atoms with Gasteiger partial charge in [0.25, 0.3) is 11.8 Å². The fourth-order valence-corrected chi connectivity index (χ4v) is 3.97. The van der Waals surface area contributed by atoms with E-state index in [0.717, 1.165) is 5.01 Å². The van der Waals surface area contributed by atoms with Crippen LogP contribution in [-0.2, 0) is 21.7 Å². The summed E-state index contributed by atoms with van der Waals surface area (Å²) in [6.45, 7) is 4.34. The van der Waals surface area contributed by atoms with Crippen molar-refractivity contribution in [2.24, 2.45) is 0 Å². The van der Waals surface area contributed by atoms with E-state index in [1.165, 1.54) is 10.4 Å². The van der Waals surface area contributed by atoms with Gasteiger partial charge in [-0.15, -0.1) is 11.3 Å². The third kappa shape index (κ3) is 3.86. The zero-order valence-corrected chi connectivity index (χ0v) is 16.3. The number of imide groups is 1. The molecule has 0 spiro atoms. The van der Waals surface area contributed by atoms with Crippen molar-refractivity contribution in [1.82, 2.24) is 20.7 Å². The molecule has 1 aromatic heterocycles. The molecule has 2 aromatic rings. The zero-order valence-electron chi connectivity index (χ0n) is 15.5. The van der Waals surface area contributed by atoms with E-state index >= 15 is 0 Å². The lowest BCUT2D eigenvalue weighted by Gasteiger charge is -2.22. The Labute approximate surface area is 161 Å². The van der Waals surface area contributed by atoms with Gasteiger partial charge >= 0.3 is 6.03 Å². The number of benzene rings is 1. The second-order valence-corrected chi connectivity index (χ2v) is 7.80. The standard InChI is InChI=1S/C19H22N4O3S/c1-13-9-10-27-15(13)11-22(3)12-16(24)21-23-17(25)19(2,20-18(23)26)14-7-5-4-6-8-14/h4-10H,11-12H2,1-3H3,(H,20,26)(H,21,24)/t19-/m0/s1. The van der Waals surface area contributed by atoms with Crippen LogP contribution in [0.15, 0.2) is 41.8 Å². The number of carbonyl (C=O) groups excluding carboxylic acids is 3. The van der Waals surface area contributed by atoms with E-state index in [9.17, 15) is 14.4 Å². The Morgan fingerprint density at radius 1 is 1.26 bits per heavy atom. The summed E-state index contributed by atoms with van der Waals surface area (Å²) < 4.78 is 0. The van der Waals surface area contributed by atoms with Gasteiger partial charge in [0.15, 0.2) is 0 Å². The number of urea groups is 1. The smallest absolute Gasteiger partial charge is 0.318 e. The highest BCUT2D eigenvalue weighted by atomic mass is 32.1. The molecule has 0 bridgehead atoms. The highest BCUT2D eigenvalue weighted by Gasteiger charge is 2.49. The fraction of sp³-hybridized carbons (Fsp3) is 0.316. The van der Waals surface area contributed by atoms with Gasteiger partial charge in [-0.1, -0.05) is 30.3 Å². The van der Waals surface area contributed by atoms with Crippen LogP contribution in [0.1, 0.15) is 22.9 Å². The maximum atomic E-state index is 12.8. The number of thiophene rings is 1. The molecule has 8 heteroatoms. The average Bonchev–Trinajstić information content (AvgIpc) is 3.12. The molecule has 1 atom stereocenters. The average molecular weight is 386 g/mol. The van der Waals surface area contributed by atoms with E-state index < -0.39 is 23.4 Å². The maximum Gasteiger partial charge on any atom is 0.344 e. The van der Waals surface area contributed by atoms with Gasteiger partial charge in [-0.05, 0) is 43.5 Å². The Morgan fingerprint density at radius 2 is 1.96 bits per heavy atom. The molecule has 3 rings (SSSR count). The first-order chi connectivity index (χ1) is 12.8. The van der Waals surface area contributed by atoms with Gasteiger partial charge in [0, 0.05) is 11.4 Å². The summed E-state index contributed by atoms with van der Waals surface area (Å²) in [4.78, 5) is 40.4. The Bertz CT molecular complexity index is 867. The molecule has 0 saturated carbocycles. The number of hydrazine groups is 1. The van der Waals surface area contributed by atoms with Gasteiger partial charge in [-0.2, -0.15) is 5.01 Å². The Kier molecular flexibility index (Phi) is 5.29. The minimum Gasteiger partial charge on any atom is -0.318 e. The van der Waals surface area contributed by atoms with E-state index in [0.29, 0.717) is 12.1 Å². The molecule has 0 aliphatic carbocycles. The van der Waals surface area contributed by atoms with Crippen LogP contribution < -0.4 is 10.7 Å². The van der Waals surface area contributed by atoms with Crippen molar-refractivity contribution >= 4 is 29.2 Å². The van der Waals surface area contributed by atoms with Crippen LogP contribution in [0.3, 0.4) is 0 Å². The molecule has 2 heterocycles. The first kappa shape index (κ1) is 19.1. The molecular formula is C19H22N4O3S. The van der Waals surface area contributed by atoms with Gasteiger partial charge in [0.2, 0.25) is 0 Å². The van der Waals surface area contributed by atoms with Gasteiger partial charge in [-0.3, -0.25) is 19.9 Å². The summed E-state index contributed by atoms with van der Waals surface area (Å²) in [7, 11) is 1.82. The molecule has 1 aromatic carbocycles. The molecule has 1 saturated heterocycles. The largest absolute Gasteiger partial charge is 0.344 e. The van der Waals surface area contributed by atoms with Crippen LogP contribution in [0, 0.1) is 6.92 Å². The molecule has 1 aliphatic rings. The topological polar surface area (TPSA) is 81.8 Å². The predicted octanol–water partition coefficient (Wildman–Crippen LogP) is 1.99. The number of nitrogens with zero attached hydrogens (tertiary/aromatic N) is 2. The monoisotopic (exact) mass is 386 g/mol. The fourth-order valence-electron chi connectivity index (χ4n) is 2.98. The Balaban J connectivity index is 1.63. The quantitative estimate of drug-likeness (QED) is 0.744. The lowest BCUT2D eigenvalue weighted by molar-refractivity contribution is -0.139. The number of rotatable bonds is 6. The molecule has 2 N–H and O–H groups in total. The first-order valence-electron chi connectivity index (χ1n) is 8.54. The maximum absolute atomic E-state index is 12.8. The lowest BCUT2D eigenvalue weighted by atomic mass is 9.92. The third-order valence-electron chi connectivity index (χ3n) is 4.57. The van der Waals surface area contributed by atoms with Gasteiger partial charge < -0.3 is 5.32 Å². The van der Waals surface area contributed by atoms with Gasteiger partial charge in [0.1, 0.15) is 5.54 Å². The van der Waals surface area contributed by atoms with Gasteiger partial charge in [-0.25, -0.2) is 4.79 Å². The summed E-state index contributed by atoms with van der Waals surface area (Å²) >= 11 is 1.63. The molecule has 0 radical (unpaired) electrons. The van der Waals surface area contributed by atoms with Crippen molar-refractivity contribution in [2.45, 2.75) is 25.9 Å². The minimum absolute atomic E-state index is 0.0659. The molecule has 7 nitrogen and oxygen atoms in total. The number of likely N-dealkylation sites (N-methyl/N-ethyl adjacent to an activating group) is 1. The summed E-state index contributed by atoms with van der Waals surface area (Å²) in [6, 6.07) is 10.3.